The Morgan fingerprint density at radius 3 is 1.88 bits per heavy atom. The first-order valence-electron chi connectivity index (χ1n) is 17.7. The van der Waals surface area contributed by atoms with Crippen LogP contribution in [-0.4, -0.2) is 0 Å². The molecule has 0 fully saturated rings. The molecule has 0 spiro atoms. The fourth-order valence-electron chi connectivity index (χ4n) is 8.22. The standard InChI is InChI=1S/C49H35NO/c1-49(2)44-27-25-40(31-43(44)47-45(49)28-26-42-41-17-8-9-18-46(41)51-48(42)47)50(39-24-21-33-13-6-7-14-37(33)30-39)38-22-19-34(20-23-38)36-16-10-15-35(29-36)32-11-4-3-5-12-32/h3-31H,1-2H3. The zero-order valence-electron chi connectivity index (χ0n) is 28.6. The third-order valence-electron chi connectivity index (χ3n) is 10.8. The molecule has 1 aliphatic rings. The number of hydrogen-bond acceptors (Lipinski definition) is 2. The largest absolute Gasteiger partial charge is 0.455 e. The van der Waals surface area contributed by atoms with E-state index in [-0.39, 0.29) is 5.41 Å². The highest BCUT2D eigenvalue weighted by Crippen LogP contribution is 2.54. The molecule has 0 atom stereocenters. The quantitative estimate of drug-likeness (QED) is 0.184. The summed E-state index contributed by atoms with van der Waals surface area (Å²) >= 11 is 0. The average Bonchev–Trinajstić information content (AvgIpc) is 3.67. The molecule has 1 aromatic heterocycles. The van der Waals surface area contributed by atoms with Crippen molar-refractivity contribution in [1.82, 2.24) is 0 Å². The molecule has 0 aliphatic heterocycles. The Labute approximate surface area is 297 Å². The van der Waals surface area contributed by atoms with E-state index in [4.69, 9.17) is 4.42 Å². The Kier molecular flexibility index (Phi) is 6.56. The maximum atomic E-state index is 6.64. The smallest absolute Gasteiger partial charge is 0.143 e. The number of anilines is 3. The van der Waals surface area contributed by atoms with Crippen molar-refractivity contribution in [2.45, 2.75) is 19.3 Å². The van der Waals surface area contributed by atoms with Crippen LogP contribution in [0.4, 0.5) is 17.1 Å². The van der Waals surface area contributed by atoms with Crippen LogP contribution < -0.4 is 4.90 Å². The zero-order valence-corrected chi connectivity index (χ0v) is 28.6. The lowest BCUT2D eigenvalue weighted by Gasteiger charge is -2.27. The molecule has 9 aromatic rings. The van der Waals surface area contributed by atoms with Crippen LogP contribution in [-0.2, 0) is 5.41 Å². The van der Waals surface area contributed by atoms with Crippen molar-refractivity contribution in [3.8, 4) is 33.4 Å². The molecule has 51 heavy (non-hydrogen) atoms. The highest BCUT2D eigenvalue weighted by atomic mass is 16.3. The maximum Gasteiger partial charge on any atom is 0.143 e. The summed E-state index contributed by atoms with van der Waals surface area (Å²) in [5.74, 6) is 0. The van der Waals surface area contributed by atoms with Gasteiger partial charge in [0.2, 0.25) is 0 Å². The fraction of sp³-hybridized carbons (Fsp3) is 0.0612. The van der Waals surface area contributed by atoms with Gasteiger partial charge in [0.05, 0.1) is 0 Å². The van der Waals surface area contributed by atoms with Gasteiger partial charge in [-0.15, -0.1) is 0 Å². The predicted molar refractivity (Wildman–Crippen MR) is 214 cm³/mol. The van der Waals surface area contributed by atoms with Crippen LogP contribution in [0.3, 0.4) is 0 Å². The van der Waals surface area contributed by atoms with Crippen molar-refractivity contribution in [2.75, 3.05) is 4.90 Å². The lowest BCUT2D eigenvalue weighted by Crippen LogP contribution is -2.15. The molecule has 242 valence electrons. The summed E-state index contributed by atoms with van der Waals surface area (Å²) in [6, 6.07) is 63.7. The molecule has 0 N–H and O–H groups in total. The summed E-state index contributed by atoms with van der Waals surface area (Å²) < 4.78 is 6.64. The second kappa shape index (κ2) is 11.3. The Bertz CT molecular complexity index is 2770. The van der Waals surface area contributed by atoms with Crippen molar-refractivity contribution in [1.29, 1.82) is 0 Å². The van der Waals surface area contributed by atoms with Gasteiger partial charge in [0, 0.05) is 38.8 Å². The van der Waals surface area contributed by atoms with Gasteiger partial charge in [-0.05, 0) is 98.2 Å². The van der Waals surface area contributed by atoms with Gasteiger partial charge in [0.1, 0.15) is 11.2 Å². The molecule has 0 bridgehead atoms. The van der Waals surface area contributed by atoms with Crippen LogP contribution in [0, 0.1) is 0 Å². The van der Waals surface area contributed by atoms with E-state index in [1.54, 1.807) is 0 Å². The van der Waals surface area contributed by atoms with E-state index in [9.17, 15) is 0 Å². The van der Waals surface area contributed by atoms with Crippen LogP contribution in [0.5, 0.6) is 0 Å². The van der Waals surface area contributed by atoms with Crippen molar-refractivity contribution in [2.24, 2.45) is 0 Å². The van der Waals surface area contributed by atoms with Crippen LogP contribution in [0.2, 0.25) is 0 Å². The van der Waals surface area contributed by atoms with E-state index in [1.165, 1.54) is 55.3 Å². The average molecular weight is 654 g/mol. The second-order valence-electron chi connectivity index (χ2n) is 14.2. The third-order valence-corrected chi connectivity index (χ3v) is 10.8. The van der Waals surface area contributed by atoms with Gasteiger partial charge in [0.25, 0.3) is 0 Å². The summed E-state index contributed by atoms with van der Waals surface area (Å²) in [5, 5.41) is 4.76. The lowest BCUT2D eigenvalue weighted by atomic mass is 9.82. The number of furan rings is 1. The minimum atomic E-state index is -0.153. The minimum absolute atomic E-state index is 0.153. The molecule has 10 rings (SSSR count). The molecule has 2 nitrogen and oxygen atoms in total. The van der Waals surface area contributed by atoms with Gasteiger partial charge in [-0.3, -0.25) is 0 Å². The van der Waals surface area contributed by atoms with Crippen LogP contribution in [0.15, 0.2) is 180 Å². The SMILES string of the molecule is CC1(C)c2ccc(N(c3ccc(-c4cccc(-c5ccccc5)c4)cc3)c3ccc4ccccc4c3)cc2-c2c1ccc1c2oc2ccccc21. The molecule has 0 saturated heterocycles. The number of benzene rings is 8. The molecule has 0 unspecified atom stereocenters. The van der Waals surface area contributed by atoms with Crippen molar-refractivity contribution < 1.29 is 4.42 Å². The Balaban J connectivity index is 1.13. The lowest BCUT2D eigenvalue weighted by molar-refractivity contribution is 0.653. The summed E-state index contributed by atoms with van der Waals surface area (Å²) in [6.45, 7) is 4.66. The zero-order chi connectivity index (χ0) is 34.1. The van der Waals surface area contributed by atoms with Gasteiger partial charge in [-0.2, -0.15) is 0 Å². The number of para-hydroxylation sites is 1. The fourth-order valence-corrected chi connectivity index (χ4v) is 8.22. The first-order chi connectivity index (χ1) is 25.0. The van der Waals surface area contributed by atoms with E-state index in [1.807, 2.05) is 6.07 Å². The van der Waals surface area contributed by atoms with Gasteiger partial charge in [-0.1, -0.05) is 141 Å². The first kappa shape index (κ1) is 29.5. The molecule has 0 amide bonds. The van der Waals surface area contributed by atoms with E-state index in [0.717, 1.165) is 39.0 Å². The molecular weight excluding hydrogens is 619 g/mol. The normalized spacial score (nSPS) is 13.1. The summed E-state index contributed by atoms with van der Waals surface area (Å²) in [5.41, 5.74) is 15.0. The molecule has 1 heterocycles. The van der Waals surface area contributed by atoms with E-state index >= 15 is 0 Å². The monoisotopic (exact) mass is 653 g/mol. The topological polar surface area (TPSA) is 16.4 Å². The molecule has 1 aliphatic carbocycles. The van der Waals surface area contributed by atoms with Crippen LogP contribution in [0.25, 0.3) is 66.1 Å². The van der Waals surface area contributed by atoms with Crippen molar-refractivity contribution in [3.05, 3.63) is 187 Å². The Morgan fingerprint density at radius 1 is 0.431 bits per heavy atom. The third kappa shape index (κ3) is 4.71. The highest BCUT2D eigenvalue weighted by Gasteiger charge is 2.38. The minimum Gasteiger partial charge on any atom is -0.455 e. The van der Waals surface area contributed by atoms with Gasteiger partial charge in [-0.25, -0.2) is 0 Å². The van der Waals surface area contributed by atoms with Crippen LogP contribution >= 0.6 is 0 Å². The molecule has 8 aromatic carbocycles. The van der Waals surface area contributed by atoms with Crippen molar-refractivity contribution in [3.63, 3.8) is 0 Å². The second-order valence-corrected chi connectivity index (χ2v) is 14.2. The van der Waals surface area contributed by atoms with E-state index in [0.29, 0.717) is 0 Å². The molecular formula is C49H35NO. The Morgan fingerprint density at radius 2 is 1.06 bits per heavy atom. The number of nitrogens with zero attached hydrogens (tertiary/aromatic N) is 1. The van der Waals surface area contributed by atoms with E-state index in [2.05, 4.69) is 189 Å². The van der Waals surface area contributed by atoms with Gasteiger partial charge in [0.15, 0.2) is 0 Å². The summed E-state index contributed by atoms with van der Waals surface area (Å²) in [4.78, 5) is 2.39. The molecule has 2 heteroatoms. The summed E-state index contributed by atoms with van der Waals surface area (Å²) in [6.07, 6.45) is 0. The molecule has 0 saturated carbocycles. The number of rotatable bonds is 5. The van der Waals surface area contributed by atoms with E-state index < -0.39 is 0 Å². The van der Waals surface area contributed by atoms with Crippen molar-refractivity contribution >= 4 is 49.8 Å². The Hall–Kier alpha value is -6.38. The predicted octanol–water partition coefficient (Wildman–Crippen LogP) is 13.8. The van der Waals surface area contributed by atoms with Gasteiger partial charge < -0.3 is 9.32 Å². The maximum absolute atomic E-state index is 6.64. The highest BCUT2D eigenvalue weighted by molar-refractivity contribution is 6.12. The number of fused-ring (bicyclic) bond motifs is 8. The first-order valence-corrected chi connectivity index (χ1v) is 17.7. The molecule has 0 radical (unpaired) electrons. The van der Waals surface area contributed by atoms with Crippen LogP contribution in [0.1, 0.15) is 25.0 Å². The summed E-state index contributed by atoms with van der Waals surface area (Å²) in [7, 11) is 0. The number of hydrogen-bond donors (Lipinski definition) is 0. The van der Waals surface area contributed by atoms with Gasteiger partial charge >= 0.3 is 0 Å².